The molecule has 0 saturated carbocycles. The first-order chi connectivity index (χ1) is 14.0. The Bertz CT molecular complexity index is 429. The molecule has 1 N–H and O–H groups in total. The zero-order valence-electron chi connectivity index (χ0n) is 20.2. The van der Waals surface area contributed by atoms with E-state index in [9.17, 15) is 13.0 Å². The van der Waals surface area contributed by atoms with E-state index in [-0.39, 0.29) is 51.4 Å². The summed E-state index contributed by atoms with van der Waals surface area (Å²) in [6.07, 6.45) is 25.1. The molecule has 0 fully saturated rings. The van der Waals surface area contributed by atoms with Gasteiger partial charge in [-0.25, -0.2) is 8.42 Å². The summed E-state index contributed by atoms with van der Waals surface area (Å²) >= 11 is 0. The molecule has 4 nitrogen and oxygen atoms in total. The van der Waals surface area contributed by atoms with Gasteiger partial charge >= 0.3 is 51.4 Å². The van der Waals surface area contributed by atoms with Crippen molar-refractivity contribution in [1.82, 2.24) is 0 Å². The van der Waals surface area contributed by atoms with Gasteiger partial charge in [0.25, 0.3) is 0 Å². The van der Waals surface area contributed by atoms with Crippen molar-refractivity contribution in [2.45, 2.75) is 147 Å². The summed E-state index contributed by atoms with van der Waals surface area (Å²) in [5.41, 5.74) is 0. The quantitative estimate of drug-likeness (QED) is 0.138. The summed E-state index contributed by atoms with van der Waals surface area (Å²) in [6, 6.07) is 0. The molecule has 6 heteroatoms. The van der Waals surface area contributed by atoms with E-state index in [1.165, 1.54) is 96.3 Å². The van der Waals surface area contributed by atoms with Crippen molar-refractivity contribution in [1.29, 1.82) is 0 Å². The van der Waals surface area contributed by atoms with Crippen molar-refractivity contribution >= 4 is 10.1 Å². The van der Waals surface area contributed by atoms with Crippen LogP contribution >= 0.6 is 0 Å². The van der Waals surface area contributed by atoms with Gasteiger partial charge in [-0.15, -0.1) is 0 Å². The van der Waals surface area contributed by atoms with E-state index < -0.39 is 15.4 Å². The van der Waals surface area contributed by atoms with Crippen LogP contribution < -0.4 is 51.4 Å². The van der Waals surface area contributed by atoms with Crippen molar-refractivity contribution in [3.8, 4) is 0 Å². The molecule has 30 heavy (non-hydrogen) atoms. The summed E-state index contributed by atoms with van der Waals surface area (Å²) in [5.74, 6) is 0. The second kappa shape index (κ2) is 25.1. The van der Waals surface area contributed by atoms with Crippen LogP contribution in [0.5, 0.6) is 0 Å². The van der Waals surface area contributed by atoms with Gasteiger partial charge in [-0.2, -0.15) is 0 Å². The van der Waals surface area contributed by atoms with E-state index in [0.717, 1.165) is 25.7 Å². The Kier molecular flexibility index (Phi) is 28.2. The van der Waals surface area contributed by atoms with Crippen LogP contribution in [0.1, 0.15) is 142 Å². The van der Waals surface area contributed by atoms with Crippen molar-refractivity contribution in [3.05, 3.63) is 0 Å². The summed E-state index contributed by atoms with van der Waals surface area (Å²) in [4.78, 5) is 0. The molecule has 176 valence electrons. The van der Waals surface area contributed by atoms with E-state index in [2.05, 4.69) is 0 Å². The molecule has 0 aromatic carbocycles. The first-order valence-electron chi connectivity index (χ1n) is 12.6. The predicted molar refractivity (Wildman–Crippen MR) is 123 cm³/mol. The van der Waals surface area contributed by atoms with Gasteiger partial charge in [0.1, 0.15) is 0 Å². The van der Waals surface area contributed by atoms with Crippen LogP contribution in [0.4, 0.5) is 0 Å². The Morgan fingerprint density at radius 3 is 1.10 bits per heavy atom. The van der Waals surface area contributed by atoms with Gasteiger partial charge in [0.15, 0.2) is 0 Å². The second-order valence-electron chi connectivity index (χ2n) is 8.75. The second-order valence-corrected chi connectivity index (χ2v) is 10.4. The molecule has 0 saturated heterocycles. The smallest absolute Gasteiger partial charge is 0.748 e. The normalized spacial score (nSPS) is 12.6. The summed E-state index contributed by atoms with van der Waals surface area (Å²) in [6.45, 7) is 2.13. The minimum atomic E-state index is -4.10. The Balaban J connectivity index is 0. The van der Waals surface area contributed by atoms with Crippen molar-refractivity contribution < 1.29 is 69.5 Å². The molecule has 0 aromatic heterocycles. The standard InChI is InChI=1S/C24H50O4S.K/c1-2-24(29(26,27)28)22-20-18-16-14-12-10-8-6-4-3-5-7-9-11-13-15-17-19-21-23-25;/h24-25H,2-23H2,1H3,(H,26,27,28);/q;+1/p-1. The minimum absolute atomic E-state index is 0. The monoisotopic (exact) mass is 472 g/mol. The molecule has 0 aromatic rings. The van der Waals surface area contributed by atoms with Gasteiger partial charge in [-0.3, -0.25) is 0 Å². The van der Waals surface area contributed by atoms with Crippen LogP contribution in [0.2, 0.25) is 0 Å². The van der Waals surface area contributed by atoms with Crippen LogP contribution in [-0.4, -0.2) is 29.9 Å². The summed E-state index contributed by atoms with van der Waals surface area (Å²) < 4.78 is 33.1. The minimum Gasteiger partial charge on any atom is -0.748 e. The average Bonchev–Trinajstić information content (AvgIpc) is 2.68. The predicted octanol–water partition coefficient (Wildman–Crippen LogP) is 4.11. The maximum Gasteiger partial charge on any atom is 1.00 e. The third-order valence-electron chi connectivity index (χ3n) is 6.05. The Morgan fingerprint density at radius 1 is 0.600 bits per heavy atom. The molecule has 0 rings (SSSR count). The van der Waals surface area contributed by atoms with E-state index in [0.29, 0.717) is 19.4 Å². The van der Waals surface area contributed by atoms with Crippen LogP contribution in [0.15, 0.2) is 0 Å². The molecule has 1 unspecified atom stereocenters. The van der Waals surface area contributed by atoms with Crippen LogP contribution in [0, 0.1) is 0 Å². The molecule has 0 radical (unpaired) electrons. The third-order valence-corrected chi connectivity index (χ3v) is 7.43. The molecule has 0 aliphatic heterocycles. The van der Waals surface area contributed by atoms with E-state index in [1.807, 2.05) is 0 Å². The number of aliphatic hydroxyl groups excluding tert-OH is 1. The first-order valence-corrected chi connectivity index (χ1v) is 14.0. The summed E-state index contributed by atoms with van der Waals surface area (Å²) in [7, 11) is -4.10. The van der Waals surface area contributed by atoms with Gasteiger partial charge in [0, 0.05) is 11.9 Å². The Labute approximate surface area is 230 Å². The van der Waals surface area contributed by atoms with Gasteiger partial charge in [0.05, 0.1) is 10.1 Å². The molecular formula is C24H49KO4S. The average molecular weight is 473 g/mol. The summed E-state index contributed by atoms with van der Waals surface area (Å²) in [5, 5.41) is 8.05. The number of hydrogen-bond donors (Lipinski definition) is 1. The van der Waals surface area contributed by atoms with Crippen LogP contribution in [0.25, 0.3) is 0 Å². The van der Waals surface area contributed by atoms with Crippen molar-refractivity contribution in [3.63, 3.8) is 0 Å². The number of hydrogen-bond acceptors (Lipinski definition) is 4. The van der Waals surface area contributed by atoms with Gasteiger partial charge in [0.2, 0.25) is 0 Å². The van der Waals surface area contributed by atoms with Gasteiger partial charge in [-0.1, -0.05) is 122 Å². The third kappa shape index (κ3) is 24.2. The SMILES string of the molecule is CCC(CCCCCCCCCCCCCCCCCCCCCO)S(=O)(=O)[O-].[K+]. The van der Waals surface area contributed by atoms with E-state index in [1.54, 1.807) is 6.92 Å². The first kappa shape index (κ1) is 33.7. The topological polar surface area (TPSA) is 77.4 Å². The van der Waals surface area contributed by atoms with Crippen LogP contribution in [0.3, 0.4) is 0 Å². The fourth-order valence-electron chi connectivity index (χ4n) is 4.04. The van der Waals surface area contributed by atoms with Crippen molar-refractivity contribution in [2.75, 3.05) is 6.61 Å². The van der Waals surface area contributed by atoms with Crippen LogP contribution in [-0.2, 0) is 10.1 Å². The molecule has 0 heterocycles. The molecule has 0 aliphatic carbocycles. The van der Waals surface area contributed by atoms with Crippen molar-refractivity contribution in [2.24, 2.45) is 0 Å². The van der Waals surface area contributed by atoms with Gasteiger partial charge in [-0.05, 0) is 19.3 Å². The molecule has 0 amide bonds. The maximum atomic E-state index is 11.0. The molecule has 0 spiro atoms. The Hall–Kier alpha value is 1.51. The van der Waals surface area contributed by atoms with E-state index in [4.69, 9.17) is 5.11 Å². The fourth-order valence-corrected chi connectivity index (χ4v) is 4.91. The molecular weight excluding hydrogens is 423 g/mol. The van der Waals surface area contributed by atoms with Gasteiger partial charge < -0.3 is 9.66 Å². The molecule has 0 bridgehead atoms. The number of aliphatic hydroxyl groups is 1. The zero-order valence-corrected chi connectivity index (χ0v) is 24.2. The van der Waals surface area contributed by atoms with E-state index >= 15 is 0 Å². The largest absolute Gasteiger partial charge is 1.00 e. The molecule has 1 atom stereocenters. The number of unbranched alkanes of at least 4 members (excludes halogenated alkanes) is 18. The fraction of sp³-hybridized carbons (Fsp3) is 1.00. The Morgan fingerprint density at radius 2 is 0.867 bits per heavy atom. The number of rotatable bonds is 23. The molecule has 0 aliphatic rings. The zero-order chi connectivity index (χ0) is 21.6. The maximum absolute atomic E-state index is 11.0.